The van der Waals surface area contributed by atoms with E-state index in [0.717, 1.165) is 13.1 Å². The third-order valence-corrected chi connectivity index (χ3v) is 4.15. The maximum Gasteiger partial charge on any atom is 0.305 e. The van der Waals surface area contributed by atoms with Crippen LogP contribution in [0.3, 0.4) is 0 Å². The molecule has 16 heavy (non-hydrogen) atoms. The van der Waals surface area contributed by atoms with Gasteiger partial charge in [0.2, 0.25) is 0 Å². The van der Waals surface area contributed by atoms with Gasteiger partial charge in [0.25, 0.3) is 0 Å². The van der Waals surface area contributed by atoms with E-state index < -0.39 is 5.97 Å². The lowest BCUT2D eigenvalue weighted by Gasteiger charge is -2.46. The number of hydrogen-bond donors (Lipinski definition) is 3. The van der Waals surface area contributed by atoms with Crippen LogP contribution >= 0.6 is 0 Å². The lowest BCUT2D eigenvalue weighted by molar-refractivity contribution is -0.139. The van der Waals surface area contributed by atoms with Crippen LogP contribution in [-0.4, -0.2) is 35.7 Å². The van der Waals surface area contributed by atoms with Crippen molar-refractivity contribution in [1.29, 1.82) is 0 Å². The summed E-state index contributed by atoms with van der Waals surface area (Å²) >= 11 is 0. The third kappa shape index (κ3) is 2.23. The zero-order valence-corrected chi connectivity index (χ0v) is 10.2. The molecule has 4 heteroatoms. The van der Waals surface area contributed by atoms with Gasteiger partial charge >= 0.3 is 5.97 Å². The highest BCUT2D eigenvalue weighted by molar-refractivity contribution is 5.68. The lowest BCUT2D eigenvalue weighted by Crippen LogP contribution is -2.71. The van der Waals surface area contributed by atoms with Crippen molar-refractivity contribution in [3.05, 3.63) is 0 Å². The van der Waals surface area contributed by atoms with Crippen LogP contribution < -0.4 is 10.6 Å². The molecule has 1 atom stereocenters. The van der Waals surface area contributed by atoms with Crippen molar-refractivity contribution in [3.63, 3.8) is 0 Å². The zero-order chi connectivity index (χ0) is 11.8. The number of hydrogen-bond acceptors (Lipinski definition) is 3. The second-order valence-corrected chi connectivity index (χ2v) is 6.03. The molecule has 0 aromatic rings. The quantitative estimate of drug-likeness (QED) is 0.668. The predicted octanol–water partition coefficient (Wildman–Crippen LogP) is 0.971. The van der Waals surface area contributed by atoms with Crippen LogP contribution in [-0.2, 0) is 4.79 Å². The Hall–Kier alpha value is -0.610. The van der Waals surface area contributed by atoms with Gasteiger partial charge in [-0.3, -0.25) is 4.79 Å². The van der Waals surface area contributed by atoms with Crippen LogP contribution in [0.15, 0.2) is 0 Å². The number of aliphatic carboxylic acids is 1. The summed E-state index contributed by atoms with van der Waals surface area (Å²) in [5, 5.41) is 15.7. The summed E-state index contributed by atoms with van der Waals surface area (Å²) in [5.41, 5.74) is 0.110. The molecule has 0 spiro atoms. The fourth-order valence-electron chi connectivity index (χ4n) is 2.96. The fraction of sp³-hybridized carbons (Fsp3) is 0.917. The van der Waals surface area contributed by atoms with Crippen LogP contribution in [0.4, 0.5) is 0 Å². The molecule has 2 fully saturated rings. The van der Waals surface area contributed by atoms with Gasteiger partial charge in [-0.2, -0.15) is 0 Å². The van der Waals surface area contributed by atoms with E-state index in [9.17, 15) is 4.79 Å². The van der Waals surface area contributed by atoms with E-state index in [2.05, 4.69) is 24.5 Å². The predicted molar refractivity (Wildman–Crippen MR) is 62.4 cm³/mol. The standard InChI is InChI=1S/C12H22N2O2/c1-11(2)5-3-4-9(11)14-12(6-10(15)16)7-13-8-12/h9,13-14H,3-8H2,1-2H3,(H,15,16). The van der Waals surface area contributed by atoms with Gasteiger partial charge in [0.15, 0.2) is 0 Å². The minimum absolute atomic E-state index is 0.196. The van der Waals surface area contributed by atoms with Crippen molar-refractivity contribution in [2.75, 3.05) is 13.1 Å². The molecule has 1 saturated heterocycles. The minimum atomic E-state index is -0.704. The van der Waals surface area contributed by atoms with Crippen molar-refractivity contribution in [1.82, 2.24) is 10.6 Å². The number of carboxylic acid groups (broad SMARTS) is 1. The van der Waals surface area contributed by atoms with E-state index in [1.54, 1.807) is 0 Å². The molecule has 1 aliphatic heterocycles. The van der Waals surface area contributed by atoms with E-state index in [1.807, 2.05) is 0 Å². The molecule has 0 amide bonds. The Morgan fingerprint density at radius 3 is 2.56 bits per heavy atom. The number of carbonyl (C=O) groups is 1. The van der Waals surface area contributed by atoms with Crippen LogP contribution in [0, 0.1) is 5.41 Å². The van der Waals surface area contributed by atoms with Crippen LogP contribution in [0.5, 0.6) is 0 Å². The Morgan fingerprint density at radius 2 is 2.19 bits per heavy atom. The summed E-state index contributed by atoms with van der Waals surface area (Å²) in [6.07, 6.45) is 3.89. The van der Waals surface area contributed by atoms with Crippen molar-refractivity contribution in [3.8, 4) is 0 Å². The van der Waals surface area contributed by atoms with Gasteiger partial charge in [-0.15, -0.1) is 0 Å². The molecule has 3 N–H and O–H groups in total. The first-order valence-corrected chi connectivity index (χ1v) is 6.14. The number of nitrogens with one attached hydrogen (secondary N) is 2. The van der Waals surface area contributed by atoms with E-state index in [1.165, 1.54) is 19.3 Å². The monoisotopic (exact) mass is 226 g/mol. The first-order valence-electron chi connectivity index (χ1n) is 6.14. The van der Waals surface area contributed by atoms with Gasteiger partial charge in [0, 0.05) is 19.1 Å². The fourth-order valence-corrected chi connectivity index (χ4v) is 2.96. The first-order chi connectivity index (χ1) is 7.44. The molecule has 1 unspecified atom stereocenters. The lowest BCUT2D eigenvalue weighted by atomic mass is 9.82. The highest BCUT2D eigenvalue weighted by Gasteiger charge is 2.44. The Labute approximate surface area is 96.8 Å². The molecular formula is C12H22N2O2. The molecule has 0 bridgehead atoms. The van der Waals surface area contributed by atoms with Crippen molar-refractivity contribution in [2.24, 2.45) is 5.41 Å². The molecule has 2 rings (SSSR count). The molecular weight excluding hydrogens is 204 g/mol. The van der Waals surface area contributed by atoms with E-state index in [4.69, 9.17) is 5.11 Å². The Bertz CT molecular complexity index is 285. The van der Waals surface area contributed by atoms with Crippen LogP contribution in [0.25, 0.3) is 0 Å². The summed E-state index contributed by atoms with van der Waals surface area (Å²) in [7, 11) is 0. The molecule has 1 saturated carbocycles. The van der Waals surface area contributed by atoms with Crippen molar-refractivity contribution < 1.29 is 9.90 Å². The molecule has 92 valence electrons. The van der Waals surface area contributed by atoms with Crippen LogP contribution in [0.1, 0.15) is 39.5 Å². The first kappa shape index (κ1) is 11.9. The summed E-state index contributed by atoms with van der Waals surface area (Å²) in [4.78, 5) is 10.9. The third-order valence-electron chi connectivity index (χ3n) is 4.15. The van der Waals surface area contributed by atoms with Crippen molar-refractivity contribution in [2.45, 2.75) is 51.1 Å². The maximum absolute atomic E-state index is 10.9. The van der Waals surface area contributed by atoms with Gasteiger partial charge in [0.1, 0.15) is 0 Å². The largest absolute Gasteiger partial charge is 0.481 e. The van der Waals surface area contributed by atoms with Gasteiger partial charge < -0.3 is 15.7 Å². The molecule has 0 radical (unpaired) electrons. The Morgan fingerprint density at radius 1 is 1.50 bits per heavy atom. The second-order valence-electron chi connectivity index (χ2n) is 6.03. The normalized spacial score (nSPS) is 31.0. The van der Waals surface area contributed by atoms with E-state index in [0.29, 0.717) is 11.5 Å². The summed E-state index contributed by atoms with van der Waals surface area (Å²) in [5.74, 6) is -0.704. The SMILES string of the molecule is CC1(C)CCCC1NC1(CC(=O)O)CNC1. The minimum Gasteiger partial charge on any atom is -0.481 e. The zero-order valence-electron chi connectivity index (χ0n) is 10.2. The second kappa shape index (κ2) is 4.00. The van der Waals surface area contributed by atoms with E-state index >= 15 is 0 Å². The van der Waals surface area contributed by atoms with Gasteiger partial charge in [-0.1, -0.05) is 20.3 Å². The van der Waals surface area contributed by atoms with Gasteiger partial charge in [-0.05, 0) is 18.3 Å². The molecule has 0 aromatic heterocycles. The average Bonchev–Trinajstić information content (AvgIpc) is 2.41. The molecule has 0 aromatic carbocycles. The van der Waals surface area contributed by atoms with E-state index in [-0.39, 0.29) is 12.0 Å². The summed E-state index contributed by atoms with van der Waals surface area (Å²) in [6, 6.07) is 0.467. The van der Waals surface area contributed by atoms with Gasteiger partial charge in [0.05, 0.1) is 12.0 Å². The topological polar surface area (TPSA) is 61.4 Å². The summed E-state index contributed by atoms with van der Waals surface area (Å²) < 4.78 is 0. The maximum atomic E-state index is 10.9. The molecule has 2 aliphatic rings. The highest BCUT2D eigenvalue weighted by atomic mass is 16.4. The molecule has 1 heterocycles. The Kier molecular flexibility index (Phi) is 2.97. The van der Waals surface area contributed by atoms with Gasteiger partial charge in [-0.25, -0.2) is 0 Å². The summed E-state index contributed by atoms with van der Waals surface area (Å²) in [6.45, 7) is 6.12. The molecule has 4 nitrogen and oxygen atoms in total. The Balaban J connectivity index is 1.99. The molecule has 1 aliphatic carbocycles. The van der Waals surface area contributed by atoms with Crippen molar-refractivity contribution >= 4 is 5.97 Å². The van der Waals surface area contributed by atoms with Crippen LogP contribution in [0.2, 0.25) is 0 Å². The smallest absolute Gasteiger partial charge is 0.305 e. The number of carboxylic acids is 1. The highest BCUT2D eigenvalue weighted by Crippen LogP contribution is 2.38. The number of rotatable bonds is 4. The average molecular weight is 226 g/mol.